The summed E-state index contributed by atoms with van der Waals surface area (Å²) >= 11 is 0. The van der Waals surface area contributed by atoms with Crippen molar-refractivity contribution in [2.24, 2.45) is 0 Å². The van der Waals surface area contributed by atoms with E-state index in [0.29, 0.717) is 23.9 Å². The second-order valence-corrected chi connectivity index (χ2v) is 6.70. The van der Waals surface area contributed by atoms with Crippen molar-refractivity contribution in [2.75, 3.05) is 30.5 Å². The lowest BCUT2D eigenvalue weighted by Crippen LogP contribution is -2.24. The summed E-state index contributed by atoms with van der Waals surface area (Å²) < 4.78 is 16.0. The second kappa shape index (κ2) is 8.64. The van der Waals surface area contributed by atoms with E-state index in [1.807, 2.05) is 30.3 Å². The van der Waals surface area contributed by atoms with Gasteiger partial charge >= 0.3 is 6.01 Å². The smallest absolute Gasteiger partial charge is 0.322 e. The van der Waals surface area contributed by atoms with E-state index < -0.39 is 5.91 Å². The standard InChI is InChI=1S/C21H20N4O5/c1-28-16-7-9-17(10-8-16)29-13-18(26)22-21-24-23-20(30-21)14-11-19(27)25(12-14)15-5-3-2-4-6-15/h2-10,14H,11-13H2,1H3,(H,22,24,26). The van der Waals surface area contributed by atoms with Crippen LogP contribution in [0, 0.1) is 0 Å². The van der Waals surface area contributed by atoms with Crippen LogP contribution >= 0.6 is 0 Å². The number of hydrogen-bond acceptors (Lipinski definition) is 7. The summed E-state index contributed by atoms with van der Waals surface area (Å²) in [5, 5.41) is 10.3. The van der Waals surface area contributed by atoms with Gasteiger partial charge in [0.2, 0.25) is 11.8 Å². The molecule has 154 valence electrons. The summed E-state index contributed by atoms with van der Waals surface area (Å²) in [5.74, 6) is 0.862. The summed E-state index contributed by atoms with van der Waals surface area (Å²) in [5.41, 5.74) is 0.828. The fourth-order valence-electron chi connectivity index (χ4n) is 3.16. The number of nitrogens with one attached hydrogen (secondary N) is 1. The van der Waals surface area contributed by atoms with E-state index in [1.54, 1.807) is 36.3 Å². The second-order valence-electron chi connectivity index (χ2n) is 6.70. The third-order valence-electron chi connectivity index (χ3n) is 4.66. The number of carbonyl (C=O) groups is 2. The first kappa shape index (κ1) is 19.4. The van der Waals surface area contributed by atoms with E-state index in [1.165, 1.54) is 0 Å². The predicted molar refractivity (Wildman–Crippen MR) is 108 cm³/mol. The molecule has 9 nitrogen and oxygen atoms in total. The highest BCUT2D eigenvalue weighted by atomic mass is 16.5. The molecule has 1 N–H and O–H groups in total. The summed E-state index contributed by atoms with van der Waals surface area (Å²) in [7, 11) is 1.57. The first-order valence-corrected chi connectivity index (χ1v) is 9.38. The third-order valence-corrected chi connectivity index (χ3v) is 4.66. The maximum Gasteiger partial charge on any atom is 0.322 e. The minimum absolute atomic E-state index is 0.0112. The molecule has 2 aromatic carbocycles. The summed E-state index contributed by atoms with van der Waals surface area (Å²) in [6, 6.07) is 16.3. The normalized spacial score (nSPS) is 15.8. The van der Waals surface area contributed by atoms with Gasteiger partial charge in [-0.1, -0.05) is 23.3 Å². The van der Waals surface area contributed by atoms with Crippen LogP contribution in [0.15, 0.2) is 59.0 Å². The van der Waals surface area contributed by atoms with Crippen LogP contribution in [0.3, 0.4) is 0 Å². The van der Waals surface area contributed by atoms with Crippen LogP contribution in [0.4, 0.5) is 11.7 Å². The lowest BCUT2D eigenvalue weighted by Gasteiger charge is -2.15. The van der Waals surface area contributed by atoms with E-state index in [9.17, 15) is 9.59 Å². The molecule has 0 radical (unpaired) electrons. The number of carbonyl (C=O) groups excluding carboxylic acids is 2. The highest BCUT2D eigenvalue weighted by Crippen LogP contribution is 2.31. The molecular formula is C21H20N4O5. The Hall–Kier alpha value is -3.88. The van der Waals surface area contributed by atoms with Gasteiger partial charge in [-0.05, 0) is 36.4 Å². The van der Waals surface area contributed by atoms with E-state index in [-0.39, 0.29) is 30.9 Å². The average molecular weight is 408 g/mol. The third kappa shape index (κ3) is 4.40. The highest BCUT2D eigenvalue weighted by Gasteiger charge is 2.35. The molecule has 0 saturated carbocycles. The molecule has 9 heteroatoms. The van der Waals surface area contributed by atoms with Gasteiger partial charge in [-0.25, -0.2) is 0 Å². The fraction of sp³-hybridized carbons (Fsp3) is 0.238. The van der Waals surface area contributed by atoms with Crippen LogP contribution in [-0.4, -0.2) is 42.3 Å². The molecule has 0 spiro atoms. The van der Waals surface area contributed by atoms with Crippen molar-refractivity contribution >= 4 is 23.5 Å². The minimum atomic E-state index is -0.436. The van der Waals surface area contributed by atoms with Gasteiger partial charge in [0.1, 0.15) is 11.5 Å². The number of hydrogen-bond donors (Lipinski definition) is 1. The molecule has 1 aliphatic rings. The van der Waals surface area contributed by atoms with Crippen molar-refractivity contribution in [3.8, 4) is 11.5 Å². The maximum absolute atomic E-state index is 12.3. The number of anilines is 2. The minimum Gasteiger partial charge on any atom is -0.497 e. The fourth-order valence-corrected chi connectivity index (χ4v) is 3.16. The molecule has 3 aromatic rings. The van der Waals surface area contributed by atoms with Crippen molar-refractivity contribution in [1.82, 2.24) is 10.2 Å². The molecule has 30 heavy (non-hydrogen) atoms. The first-order chi connectivity index (χ1) is 14.6. The summed E-state index contributed by atoms with van der Waals surface area (Å²) in [6.45, 7) is 0.229. The average Bonchev–Trinajstić information content (AvgIpc) is 3.39. The van der Waals surface area contributed by atoms with E-state index in [2.05, 4.69) is 15.5 Å². The van der Waals surface area contributed by atoms with Crippen LogP contribution in [0.1, 0.15) is 18.2 Å². The molecule has 0 aliphatic carbocycles. The van der Waals surface area contributed by atoms with Crippen LogP contribution in [-0.2, 0) is 9.59 Å². The Morgan fingerprint density at radius 1 is 1.13 bits per heavy atom. The maximum atomic E-state index is 12.3. The number of nitrogens with zero attached hydrogens (tertiary/aromatic N) is 3. The largest absolute Gasteiger partial charge is 0.497 e. The lowest BCUT2D eigenvalue weighted by atomic mass is 10.1. The van der Waals surface area contributed by atoms with Gasteiger partial charge in [-0.3, -0.25) is 14.9 Å². The van der Waals surface area contributed by atoms with Gasteiger partial charge in [0.15, 0.2) is 6.61 Å². The Bertz CT molecular complexity index is 1020. The molecule has 1 saturated heterocycles. The highest BCUT2D eigenvalue weighted by molar-refractivity contribution is 5.96. The van der Waals surface area contributed by atoms with Gasteiger partial charge in [-0.2, -0.15) is 0 Å². The summed E-state index contributed by atoms with van der Waals surface area (Å²) in [6.07, 6.45) is 0.269. The van der Waals surface area contributed by atoms with E-state index >= 15 is 0 Å². The number of aromatic nitrogens is 2. The quantitative estimate of drug-likeness (QED) is 0.640. The zero-order valence-corrected chi connectivity index (χ0v) is 16.3. The Balaban J connectivity index is 1.31. The molecular weight excluding hydrogens is 388 g/mol. The van der Waals surface area contributed by atoms with Gasteiger partial charge in [0, 0.05) is 18.7 Å². The van der Waals surface area contributed by atoms with E-state index in [0.717, 1.165) is 5.69 Å². The van der Waals surface area contributed by atoms with Crippen LogP contribution in [0.25, 0.3) is 0 Å². The SMILES string of the molecule is COc1ccc(OCC(=O)Nc2nnc(C3CC(=O)N(c4ccccc4)C3)o2)cc1. The van der Waals surface area contributed by atoms with Crippen molar-refractivity contribution in [3.05, 3.63) is 60.5 Å². The van der Waals surface area contributed by atoms with Crippen LogP contribution < -0.4 is 19.7 Å². The molecule has 1 fully saturated rings. The van der Waals surface area contributed by atoms with Gasteiger partial charge < -0.3 is 18.8 Å². The van der Waals surface area contributed by atoms with Crippen molar-refractivity contribution < 1.29 is 23.5 Å². The summed E-state index contributed by atoms with van der Waals surface area (Å²) in [4.78, 5) is 26.1. The molecule has 1 aliphatic heterocycles. The molecule has 1 unspecified atom stereocenters. The Labute approximate surface area is 172 Å². The number of para-hydroxylation sites is 1. The monoisotopic (exact) mass is 408 g/mol. The number of rotatable bonds is 7. The Morgan fingerprint density at radius 2 is 1.87 bits per heavy atom. The predicted octanol–water partition coefficient (Wildman–Crippen LogP) is 2.62. The molecule has 1 aromatic heterocycles. The number of amides is 2. The molecule has 4 rings (SSSR count). The molecule has 2 amide bonds. The van der Waals surface area contributed by atoms with Crippen LogP contribution in [0.2, 0.25) is 0 Å². The van der Waals surface area contributed by atoms with Crippen molar-refractivity contribution in [3.63, 3.8) is 0 Å². The number of methoxy groups -OCH3 is 1. The Kier molecular flexibility index (Phi) is 5.60. The zero-order valence-electron chi connectivity index (χ0n) is 16.3. The Morgan fingerprint density at radius 3 is 2.60 bits per heavy atom. The first-order valence-electron chi connectivity index (χ1n) is 9.38. The zero-order chi connectivity index (χ0) is 20.9. The van der Waals surface area contributed by atoms with Crippen molar-refractivity contribution in [1.29, 1.82) is 0 Å². The van der Waals surface area contributed by atoms with E-state index in [4.69, 9.17) is 13.9 Å². The topological polar surface area (TPSA) is 107 Å². The van der Waals surface area contributed by atoms with Gasteiger partial charge in [-0.15, -0.1) is 5.10 Å². The molecule has 1 atom stereocenters. The van der Waals surface area contributed by atoms with Gasteiger partial charge in [0.05, 0.1) is 13.0 Å². The van der Waals surface area contributed by atoms with Crippen molar-refractivity contribution in [2.45, 2.75) is 12.3 Å². The lowest BCUT2D eigenvalue weighted by molar-refractivity contribution is -0.118. The molecule has 0 bridgehead atoms. The van der Waals surface area contributed by atoms with Gasteiger partial charge in [0.25, 0.3) is 5.91 Å². The molecule has 2 heterocycles. The number of benzene rings is 2. The van der Waals surface area contributed by atoms with Crippen LogP contribution in [0.5, 0.6) is 11.5 Å². The number of ether oxygens (including phenoxy) is 2.